The van der Waals surface area contributed by atoms with E-state index < -0.39 is 0 Å². The van der Waals surface area contributed by atoms with Gasteiger partial charge < -0.3 is 4.57 Å². The summed E-state index contributed by atoms with van der Waals surface area (Å²) in [5.74, 6) is 1.02. The number of benzene rings is 2. The van der Waals surface area contributed by atoms with Crippen molar-refractivity contribution >= 4 is 41.6 Å². The van der Waals surface area contributed by atoms with Gasteiger partial charge in [0, 0.05) is 6.20 Å². The van der Waals surface area contributed by atoms with Gasteiger partial charge in [-0.2, -0.15) is 0 Å². The highest BCUT2D eigenvalue weighted by Gasteiger charge is 2.19. The van der Waals surface area contributed by atoms with Crippen LogP contribution >= 0.6 is 24.8 Å². The summed E-state index contributed by atoms with van der Waals surface area (Å²) < 4.78 is 4.57. The van der Waals surface area contributed by atoms with Crippen molar-refractivity contribution in [2.45, 2.75) is 33.4 Å². The van der Waals surface area contributed by atoms with Gasteiger partial charge in [0.2, 0.25) is 5.78 Å². The second-order valence-corrected chi connectivity index (χ2v) is 6.79. The summed E-state index contributed by atoms with van der Waals surface area (Å²) >= 11 is 0. The fourth-order valence-electron chi connectivity index (χ4n) is 3.84. The molecule has 4 nitrogen and oxygen atoms in total. The zero-order valence-electron chi connectivity index (χ0n) is 16.6. The molecule has 0 aliphatic rings. The van der Waals surface area contributed by atoms with Crippen molar-refractivity contribution in [1.29, 1.82) is 0 Å². The molecule has 0 aliphatic carbocycles. The van der Waals surface area contributed by atoms with Crippen molar-refractivity contribution in [3.8, 4) is 0 Å². The molecule has 2 heterocycles. The van der Waals surface area contributed by atoms with Gasteiger partial charge in [0.25, 0.3) is 0 Å². The lowest BCUT2D eigenvalue weighted by atomic mass is 10.2. The number of fused-ring (bicyclic) bond motifs is 3. The van der Waals surface area contributed by atoms with Crippen LogP contribution in [0.15, 0.2) is 60.8 Å². The van der Waals surface area contributed by atoms with Crippen LogP contribution in [-0.4, -0.2) is 31.9 Å². The van der Waals surface area contributed by atoms with Gasteiger partial charge in [-0.15, -0.1) is 24.8 Å². The summed E-state index contributed by atoms with van der Waals surface area (Å²) in [6, 6.07) is 19.5. The Hall–Kier alpha value is -2.01. The average Bonchev–Trinajstić information content (AvgIpc) is 3.23. The molecule has 2 aromatic carbocycles. The molecular formula is C22H28Cl2N4. The average molecular weight is 419 g/mol. The zero-order chi connectivity index (χ0) is 18.1. The maximum atomic E-state index is 5.05. The Morgan fingerprint density at radius 2 is 1.50 bits per heavy atom. The largest absolute Gasteiger partial charge is 0.305 e. The van der Waals surface area contributed by atoms with Gasteiger partial charge in [0.15, 0.2) is 0 Å². The highest BCUT2D eigenvalue weighted by Crippen LogP contribution is 2.26. The molecule has 0 fully saturated rings. The van der Waals surface area contributed by atoms with Gasteiger partial charge in [-0.1, -0.05) is 56.3 Å². The van der Waals surface area contributed by atoms with Crippen LogP contribution in [0.3, 0.4) is 0 Å². The van der Waals surface area contributed by atoms with Gasteiger partial charge in [0.05, 0.1) is 29.3 Å². The zero-order valence-corrected chi connectivity index (χ0v) is 18.2. The molecule has 0 aliphatic heterocycles. The number of aromatic nitrogens is 3. The molecule has 0 amide bonds. The second-order valence-electron chi connectivity index (χ2n) is 6.79. The van der Waals surface area contributed by atoms with Crippen LogP contribution in [0.1, 0.15) is 38.1 Å². The SMILES string of the molecule is CCN(CC)C(C)c1cn2c3ccccc3n(Cc3ccccc3)c2n1.Cl.Cl. The van der Waals surface area contributed by atoms with Crippen LogP contribution < -0.4 is 0 Å². The van der Waals surface area contributed by atoms with E-state index in [4.69, 9.17) is 4.98 Å². The maximum absolute atomic E-state index is 5.05. The third kappa shape index (κ3) is 3.90. The first-order chi connectivity index (χ1) is 12.7. The molecule has 28 heavy (non-hydrogen) atoms. The standard InChI is InChI=1S/C22H26N4.2ClH/c1-4-24(5-2)17(3)19-16-26-21-14-10-9-13-20(21)25(22(26)23-19)15-18-11-7-6-8-12-18;;/h6-14,16-17H,4-5,15H2,1-3H3;2*1H. The number of hydrogen-bond donors (Lipinski definition) is 0. The van der Waals surface area contributed by atoms with Gasteiger partial charge in [-0.3, -0.25) is 9.30 Å². The fourth-order valence-corrected chi connectivity index (χ4v) is 3.84. The van der Waals surface area contributed by atoms with Crippen LogP contribution in [0.2, 0.25) is 0 Å². The number of nitrogens with zero attached hydrogens (tertiary/aromatic N) is 4. The summed E-state index contributed by atoms with van der Waals surface area (Å²) in [6.07, 6.45) is 2.21. The number of hydrogen-bond acceptors (Lipinski definition) is 2. The van der Waals surface area contributed by atoms with E-state index in [2.05, 4.69) is 95.4 Å². The van der Waals surface area contributed by atoms with Crippen molar-refractivity contribution in [3.05, 3.63) is 72.1 Å². The summed E-state index contributed by atoms with van der Waals surface area (Å²) in [4.78, 5) is 7.48. The quantitative estimate of drug-likeness (QED) is 0.408. The van der Waals surface area contributed by atoms with E-state index in [9.17, 15) is 0 Å². The Labute approximate surface area is 179 Å². The fraction of sp³-hybridized carbons (Fsp3) is 0.318. The van der Waals surface area contributed by atoms with Crippen molar-refractivity contribution in [2.24, 2.45) is 0 Å². The minimum absolute atomic E-state index is 0. The molecule has 4 rings (SSSR count). The van der Waals surface area contributed by atoms with E-state index in [1.807, 2.05) is 0 Å². The van der Waals surface area contributed by atoms with E-state index in [1.165, 1.54) is 16.6 Å². The molecule has 4 aromatic rings. The topological polar surface area (TPSA) is 25.5 Å². The van der Waals surface area contributed by atoms with Crippen LogP contribution in [-0.2, 0) is 6.54 Å². The number of imidazole rings is 2. The van der Waals surface area contributed by atoms with Gasteiger partial charge in [-0.25, -0.2) is 4.98 Å². The third-order valence-corrected chi connectivity index (χ3v) is 5.35. The highest BCUT2D eigenvalue weighted by molar-refractivity contribution is 5.85. The molecule has 1 atom stereocenters. The third-order valence-electron chi connectivity index (χ3n) is 5.35. The number of halogens is 2. The molecule has 1 unspecified atom stereocenters. The van der Waals surface area contributed by atoms with Crippen LogP contribution in [0.5, 0.6) is 0 Å². The number of para-hydroxylation sites is 2. The predicted octanol–water partition coefficient (Wildman–Crippen LogP) is 5.58. The van der Waals surface area contributed by atoms with Gasteiger partial charge >= 0.3 is 0 Å². The molecule has 0 saturated carbocycles. The molecule has 150 valence electrons. The van der Waals surface area contributed by atoms with Crippen LogP contribution in [0, 0.1) is 0 Å². The molecule has 6 heteroatoms. The maximum Gasteiger partial charge on any atom is 0.215 e. The minimum Gasteiger partial charge on any atom is -0.305 e. The Morgan fingerprint density at radius 1 is 0.893 bits per heavy atom. The van der Waals surface area contributed by atoms with Crippen LogP contribution in [0.4, 0.5) is 0 Å². The minimum atomic E-state index is 0. The van der Waals surface area contributed by atoms with Crippen molar-refractivity contribution in [1.82, 2.24) is 18.9 Å². The first-order valence-corrected chi connectivity index (χ1v) is 9.47. The van der Waals surface area contributed by atoms with Crippen molar-refractivity contribution in [2.75, 3.05) is 13.1 Å². The first kappa shape index (κ1) is 22.3. The van der Waals surface area contributed by atoms with E-state index in [1.54, 1.807) is 0 Å². The lowest BCUT2D eigenvalue weighted by molar-refractivity contribution is 0.231. The first-order valence-electron chi connectivity index (χ1n) is 9.47. The summed E-state index contributed by atoms with van der Waals surface area (Å²) in [7, 11) is 0. The molecular weight excluding hydrogens is 391 g/mol. The predicted molar refractivity (Wildman–Crippen MR) is 122 cm³/mol. The van der Waals surface area contributed by atoms with E-state index in [0.29, 0.717) is 6.04 Å². The molecule has 2 aromatic heterocycles. The van der Waals surface area contributed by atoms with E-state index in [0.717, 1.165) is 31.1 Å². The Morgan fingerprint density at radius 3 is 2.14 bits per heavy atom. The Bertz CT molecular complexity index is 1020. The normalized spacial score (nSPS) is 12.1. The van der Waals surface area contributed by atoms with Crippen molar-refractivity contribution < 1.29 is 0 Å². The smallest absolute Gasteiger partial charge is 0.215 e. The lowest BCUT2D eigenvalue weighted by Crippen LogP contribution is -2.26. The number of rotatable bonds is 6. The summed E-state index contributed by atoms with van der Waals surface area (Å²) in [5, 5.41) is 0. The Balaban J connectivity index is 0.00000140. The second kappa shape index (κ2) is 9.46. The lowest BCUT2D eigenvalue weighted by Gasteiger charge is -2.24. The summed E-state index contributed by atoms with van der Waals surface area (Å²) in [5.41, 5.74) is 4.86. The molecule has 0 radical (unpaired) electrons. The molecule has 0 saturated heterocycles. The highest BCUT2D eigenvalue weighted by atomic mass is 35.5. The van der Waals surface area contributed by atoms with E-state index in [-0.39, 0.29) is 24.8 Å². The summed E-state index contributed by atoms with van der Waals surface area (Å²) in [6.45, 7) is 9.56. The molecule has 0 N–H and O–H groups in total. The Kier molecular flexibility index (Phi) is 7.53. The van der Waals surface area contributed by atoms with Gasteiger partial charge in [0.1, 0.15) is 0 Å². The van der Waals surface area contributed by atoms with Crippen molar-refractivity contribution in [3.63, 3.8) is 0 Å². The molecule has 0 spiro atoms. The van der Waals surface area contributed by atoms with Crippen LogP contribution in [0.25, 0.3) is 16.8 Å². The molecule has 0 bridgehead atoms. The van der Waals surface area contributed by atoms with E-state index >= 15 is 0 Å². The monoisotopic (exact) mass is 418 g/mol. The van der Waals surface area contributed by atoms with Gasteiger partial charge in [-0.05, 0) is 37.7 Å².